The lowest BCUT2D eigenvalue weighted by molar-refractivity contribution is 0.0456. The van der Waals surface area contributed by atoms with Crippen molar-refractivity contribution in [3.8, 4) is 0 Å². The highest BCUT2D eigenvalue weighted by molar-refractivity contribution is 5.59. The summed E-state index contributed by atoms with van der Waals surface area (Å²) in [4.78, 5) is 0. The molecular weight excluding hydrogens is 192 g/mol. The smallest absolute Gasteiger partial charge is 0.171 e. The fourth-order valence-electron chi connectivity index (χ4n) is 1.39. The van der Waals surface area contributed by atoms with Crippen molar-refractivity contribution < 1.29 is 5.11 Å². The molecule has 0 aromatic carbocycles. The third-order valence-electron chi connectivity index (χ3n) is 2.76. The minimum Gasteiger partial charge on any atom is -0.394 e. The van der Waals surface area contributed by atoms with E-state index < -0.39 is 5.60 Å². The number of nitrogens with two attached hydrogens (primary N) is 1. The molecular formula is C10H20N4O. The van der Waals surface area contributed by atoms with Crippen LogP contribution in [0.5, 0.6) is 0 Å². The number of anilines is 2. The van der Waals surface area contributed by atoms with Crippen LogP contribution in [-0.4, -0.2) is 27.0 Å². The van der Waals surface area contributed by atoms with E-state index >= 15 is 0 Å². The van der Waals surface area contributed by atoms with Gasteiger partial charge in [-0.2, -0.15) is 5.10 Å². The summed E-state index contributed by atoms with van der Waals surface area (Å²) in [5, 5.41) is 17.3. The molecule has 1 aromatic rings. The summed E-state index contributed by atoms with van der Waals surface area (Å²) in [5.74, 6) is 0.637. The van der Waals surface area contributed by atoms with Gasteiger partial charge in [0.1, 0.15) is 0 Å². The Labute approximate surface area is 90.3 Å². The van der Waals surface area contributed by atoms with Crippen LogP contribution in [0.1, 0.15) is 26.7 Å². The van der Waals surface area contributed by atoms with E-state index in [0.717, 1.165) is 0 Å². The molecule has 0 fully saturated rings. The fourth-order valence-corrected chi connectivity index (χ4v) is 1.39. The number of hydrogen-bond donors (Lipinski definition) is 3. The number of aryl methyl sites for hydroxylation is 1. The lowest BCUT2D eigenvalue weighted by atomic mass is 9.98. The topological polar surface area (TPSA) is 76.1 Å². The standard InChI is InChI=1S/C10H20N4O/c1-4-10(15,5-2)7-12-9-8(11)6-14(3)13-9/h6,15H,4-5,7,11H2,1-3H3,(H,12,13). The summed E-state index contributed by atoms with van der Waals surface area (Å²) >= 11 is 0. The van der Waals surface area contributed by atoms with E-state index in [1.54, 1.807) is 10.9 Å². The van der Waals surface area contributed by atoms with Gasteiger partial charge in [0.15, 0.2) is 5.82 Å². The number of nitrogens with zero attached hydrogens (tertiary/aromatic N) is 2. The molecule has 1 aromatic heterocycles. The molecule has 0 aliphatic carbocycles. The molecule has 0 saturated carbocycles. The van der Waals surface area contributed by atoms with Crippen molar-refractivity contribution in [3.05, 3.63) is 6.20 Å². The van der Waals surface area contributed by atoms with E-state index in [1.165, 1.54) is 0 Å². The summed E-state index contributed by atoms with van der Waals surface area (Å²) < 4.78 is 1.65. The number of hydrogen-bond acceptors (Lipinski definition) is 4. The van der Waals surface area contributed by atoms with Gasteiger partial charge in [0.2, 0.25) is 0 Å². The molecule has 5 nitrogen and oxygen atoms in total. The first-order chi connectivity index (χ1) is 7.00. The minimum atomic E-state index is -0.677. The quantitative estimate of drug-likeness (QED) is 0.679. The van der Waals surface area contributed by atoms with E-state index in [4.69, 9.17) is 5.73 Å². The second kappa shape index (κ2) is 4.53. The van der Waals surface area contributed by atoms with Gasteiger partial charge < -0.3 is 16.2 Å². The molecule has 5 heteroatoms. The minimum absolute atomic E-state index is 0.473. The monoisotopic (exact) mass is 212 g/mol. The summed E-state index contributed by atoms with van der Waals surface area (Å²) in [5.41, 5.74) is 5.65. The highest BCUT2D eigenvalue weighted by atomic mass is 16.3. The molecule has 0 aliphatic heterocycles. The van der Waals surface area contributed by atoms with Crippen LogP contribution in [0.3, 0.4) is 0 Å². The molecule has 0 saturated heterocycles. The largest absolute Gasteiger partial charge is 0.394 e. The van der Waals surface area contributed by atoms with Gasteiger partial charge in [0, 0.05) is 19.8 Å². The molecule has 0 unspecified atom stereocenters. The summed E-state index contributed by atoms with van der Waals surface area (Å²) in [6.07, 6.45) is 3.16. The Hall–Kier alpha value is -1.23. The third kappa shape index (κ3) is 2.86. The van der Waals surface area contributed by atoms with Crippen LogP contribution in [0.2, 0.25) is 0 Å². The summed E-state index contributed by atoms with van der Waals surface area (Å²) in [6.45, 7) is 4.40. The third-order valence-corrected chi connectivity index (χ3v) is 2.76. The molecule has 0 amide bonds. The van der Waals surface area contributed by atoms with Gasteiger partial charge in [-0.15, -0.1) is 0 Å². The molecule has 0 atom stereocenters. The number of rotatable bonds is 5. The van der Waals surface area contributed by atoms with Gasteiger partial charge in [-0.25, -0.2) is 0 Å². The normalized spacial score (nSPS) is 11.7. The Morgan fingerprint density at radius 3 is 2.53 bits per heavy atom. The van der Waals surface area contributed by atoms with Crippen molar-refractivity contribution in [2.24, 2.45) is 7.05 Å². The number of aromatic nitrogens is 2. The average Bonchev–Trinajstić information content (AvgIpc) is 2.54. The molecule has 0 spiro atoms. The predicted octanol–water partition coefficient (Wildman–Crippen LogP) is 0.965. The van der Waals surface area contributed by atoms with E-state index in [-0.39, 0.29) is 0 Å². The van der Waals surface area contributed by atoms with Crippen LogP contribution in [-0.2, 0) is 7.05 Å². The molecule has 0 radical (unpaired) electrons. The van der Waals surface area contributed by atoms with Gasteiger partial charge in [0.05, 0.1) is 11.3 Å². The van der Waals surface area contributed by atoms with Crippen molar-refractivity contribution in [1.29, 1.82) is 0 Å². The van der Waals surface area contributed by atoms with E-state index in [9.17, 15) is 5.11 Å². The Balaban J connectivity index is 2.60. The molecule has 86 valence electrons. The van der Waals surface area contributed by atoms with Crippen LogP contribution in [0.4, 0.5) is 11.5 Å². The number of aliphatic hydroxyl groups is 1. The zero-order chi connectivity index (χ0) is 11.5. The zero-order valence-corrected chi connectivity index (χ0v) is 9.62. The Bertz CT molecular complexity index is 317. The predicted molar refractivity (Wildman–Crippen MR) is 61.6 cm³/mol. The van der Waals surface area contributed by atoms with Gasteiger partial charge in [-0.1, -0.05) is 13.8 Å². The fraction of sp³-hybridized carbons (Fsp3) is 0.700. The van der Waals surface area contributed by atoms with Crippen molar-refractivity contribution in [2.45, 2.75) is 32.3 Å². The molecule has 4 N–H and O–H groups in total. The molecule has 15 heavy (non-hydrogen) atoms. The SMILES string of the molecule is CCC(O)(CC)CNc1nn(C)cc1N. The molecule has 1 heterocycles. The lowest BCUT2D eigenvalue weighted by Gasteiger charge is -2.25. The number of nitrogen functional groups attached to an aromatic ring is 1. The van der Waals surface area contributed by atoms with Gasteiger partial charge in [0.25, 0.3) is 0 Å². The zero-order valence-electron chi connectivity index (χ0n) is 9.62. The van der Waals surface area contributed by atoms with Crippen molar-refractivity contribution in [1.82, 2.24) is 9.78 Å². The highest BCUT2D eigenvalue weighted by Gasteiger charge is 2.22. The maximum Gasteiger partial charge on any atom is 0.171 e. The van der Waals surface area contributed by atoms with E-state index in [0.29, 0.717) is 30.9 Å². The van der Waals surface area contributed by atoms with Crippen LogP contribution >= 0.6 is 0 Å². The Kier molecular flexibility index (Phi) is 3.57. The van der Waals surface area contributed by atoms with Crippen LogP contribution in [0.15, 0.2) is 6.20 Å². The van der Waals surface area contributed by atoms with Crippen LogP contribution < -0.4 is 11.1 Å². The van der Waals surface area contributed by atoms with E-state index in [2.05, 4.69) is 10.4 Å². The summed E-state index contributed by atoms with van der Waals surface area (Å²) in [7, 11) is 1.81. The highest BCUT2D eigenvalue weighted by Crippen LogP contribution is 2.19. The molecule has 1 rings (SSSR count). The molecule has 0 bridgehead atoms. The first kappa shape index (κ1) is 11.8. The maximum atomic E-state index is 10.0. The number of nitrogens with one attached hydrogen (secondary N) is 1. The van der Waals surface area contributed by atoms with Gasteiger partial charge in [-0.05, 0) is 12.8 Å². The van der Waals surface area contributed by atoms with Crippen molar-refractivity contribution in [3.63, 3.8) is 0 Å². The maximum absolute atomic E-state index is 10.0. The summed E-state index contributed by atoms with van der Waals surface area (Å²) in [6, 6.07) is 0. The lowest BCUT2D eigenvalue weighted by Crippen LogP contribution is -2.35. The van der Waals surface area contributed by atoms with Crippen LogP contribution in [0.25, 0.3) is 0 Å². The second-order valence-corrected chi connectivity index (χ2v) is 3.89. The first-order valence-corrected chi connectivity index (χ1v) is 5.26. The van der Waals surface area contributed by atoms with Gasteiger partial charge in [-0.3, -0.25) is 4.68 Å². The van der Waals surface area contributed by atoms with Crippen molar-refractivity contribution in [2.75, 3.05) is 17.6 Å². The van der Waals surface area contributed by atoms with E-state index in [1.807, 2.05) is 20.9 Å². The second-order valence-electron chi connectivity index (χ2n) is 3.89. The Morgan fingerprint density at radius 2 is 2.13 bits per heavy atom. The van der Waals surface area contributed by atoms with Crippen LogP contribution in [0, 0.1) is 0 Å². The Morgan fingerprint density at radius 1 is 1.53 bits per heavy atom. The van der Waals surface area contributed by atoms with Crippen molar-refractivity contribution >= 4 is 11.5 Å². The average molecular weight is 212 g/mol. The van der Waals surface area contributed by atoms with Gasteiger partial charge >= 0.3 is 0 Å². The molecule has 0 aliphatic rings. The first-order valence-electron chi connectivity index (χ1n) is 5.26.